The number of imide groups is 1. The molecule has 0 spiro atoms. The fourth-order valence-electron chi connectivity index (χ4n) is 2.39. The Balaban J connectivity index is 2.45. The summed E-state index contributed by atoms with van der Waals surface area (Å²) in [6.45, 7) is 3.92. The topological polar surface area (TPSA) is 50.3 Å². The van der Waals surface area contributed by atoms with Crippen molar-refractivity contribution >= 4 is 33.4 Å². The maximum Gasteiger partial charge on any atom is 0.240 e. The second-order valence-corrected chi connectivity index (χ2v) is 5.38. The van der Waals surface area contributed by atoms with Crippen molar-refractivity contribution in [2.45, 2.75) is 33.1 Å². The van der Waals surface area contributed by atoms with Crippen molar-refractivity contribution in [3.63, 3.8) is 0 Å². The first kappa shape index (κ1) is 13.2. The summed E-state index contributed by atoms with van der Waals surface area (Å²) in [5.41, 5.74) is 0.0588. The number of rotatable bonds is 3. The summed E-state index contributed by atoms with van der Waals surface area (Å²) >= 11 is 3.33. The first-order valence-corrected chi connectivity index (χ1v) is 6.82. The molecule has 96 valence electrons. The van der Waals surface area contributed by atoms with Gasteiger partial charge < -0.3 is 0 Å². The number of hydrogen-bond donors (Lipinski definition) is 0. The highest BCUT2D eigenvalue weighted by atomic mass is 79.9. The minimum atomic E-state index is -0.528. The maximum atomic E-state index is 12.5. The number of hydrogen-bond acceptors (Lipinski definition) is 3. The highest BCUT2D eigenvalue weighted by Crippen LogP contribution is 2.42. The van der Waals surface area contributed by atoms with E-state index in [9.17, 15) is 9.59 Å². The molecule has 0 atom stereocenters. The highest BCUT2D eigenvalue weighted by molar-refractivity contribution is 9.10. The van der Waals surface area contributed by atoms with Gasteiger partial charge in [0.25, 0.3) is 0 Å². The molecular weight excluding hydrogens is 296 g/mol. The van der Waals surface area contributed by atoms with Gasteiger partial charge in [-0.05, 0) is 34.8 Å². The lowest BCUT2D eigenvalue weighted by atomic mass is 9.81. The quantitative estimate of drug-likeness (QED) is 0.807. The third kappa shape index (κ3) is 1.86. The molecule has 4 nitrogen and oxygen atoms in total. The maximum absolute atomic E-state index is 12.5. The molecule has 0 N–H and O–H groups in total. The van der Waals surface area contributed by atoms with Crippen molar-refractivity contribution in [3.8, 4) is 0 Å². The number of aromatic nitrogens is 1. The molecule has 5 heteroatoms. The van der Waals surface area contributed by atoms with Crippen LogP contribution in [-0.4, -0.2) is 16.8 Å². The molecule has 1 aromatic rings. The zero-order valence-electron chi connectivity index (χ0n) is 10.4. The lowest BCUT2D eigenvalue weighted by Crippen LogP contribution is -2.35. The largest absolute Gasteiger partial charge is 0.274 e. The van der Waals surface area contributed by atoms with Crippen LogP contribution in [0.1, 0.15) is 33.1 Å². The second-order valence-electron chi connectivity index (χ2n) is 4.53. The van der Waals surface area contributed by atoms with Crippen molar-refractivity contribution in [2.24, 2.45) is 5.41 Å². The van der Waals surface area contributed by atoms with Gasteiger partial charge in [-0.15, -0.1) is 0 Å². The summed E-state index contributed by atoms with van der Waals surface area (Å²) in [7, 11) is 0. The third-order valence-corrected chi connectivity index (χ3v) is 4.35. The first-order valence-electron chi connectivity index (χ1n) is 6.02. The molecule has 2 amide bonds. The average molecular weight is 311 g/mol. The SMILES string of the molecule is CCC1(CC)CC(=O)N(c2ccncc2Br)C1=O. The summed E-state index contributed by atoms with van der Waals surface area (Å²) in [5.74, 6) is -0.222. The molecule has 0 saturated carbocycles. The number of amides is 2. The summed E-state index contributed by atoms with van der Waals surface area (Å²) in [4.78, 5) is 29.9. The Hall–Kier alpha value is -1.23. The minimum Gasteiger partial charge on any atom is -0.274 e. The van der Waals surface area contributed by atoms with Gasteiger partial charge in [0.05, 0.1) is 15.6 Å². The summed E-state index contributed by atoms with van der Waals surface area (Å²) in [6.07, 6.45) is 4.85. The molecule has 0 bridgehead atoms. The standard InChI is InChI=1S/C13H15BrN2O2/c1-3-13(4-2)7-11(17)16(12(13)18)10-5-6-15-8-9(10)14/h5-6,8H,3-4,7H2,1-2H3. The molecule has 1 saturated heterocycles. The Kier molecular flexibility index (Phi) is 3.52. The predicted octanol–water partition coefficient (Wildman–Crippen LogP) is 2.91. The molecule has 1 aliphatic heterocycles. The van der Waals surface area contributed by atoms with Crippen molar-refractivity contribution < 1.29 is 9.59 Å². The van der Waals surface area contributed by atoms with Gasteiger partial charge in [-0.1, -0.05) is 13.8 Å². The molecule has 0 aliphatic carbocycles. The smallest absolute Gasteiger partial charge is 0.240 e. The third-order valence-electron chi connectivity index (χ3n) is 3.74. The van der Waals surface area contributed by atoms with Crippen LogP contribution >= 0.6 is 15.9 Å². The fourth-order valence-corrected chi connectivity index (χ4v) is 2.82. The molecule has 1 aromatic heterocycles. The van der Waals surface area contributed by atoms with E-state index in [-0.39, 0.29) is 11.8 Å². The van der Waals surface area contributed by atoms with Crippen LogP contribution in [0.3, 0.4) is 0 Å². The van der Waals surface area contributed by atoms with Crippen LogP contribution in [0.2, 0.25) is 0 Å². The monoisotopic (exact) mass is 310 g/mol. The normalized spacial score (nSPS) is 18.5. The lowest BCUT2D eigenvalue weighted by Gasteiger charge is -2.23. The van der Waals surface area contributed by atoms with E-state index in [1.165, 1.54) is 4.90 Å². The van der Waals surface area contributed by atoms with Crippen molar-refractivity contribution in [1.29, 1.82) is 0 Å². The number of nitrogens with zero attached hydrogens (tertiary/aromatic N) is 2. The summed E-state index contributed by atoms with van der Waals surface area (Å²) < 4.78 is 0.662. The van der Waals surface area contributed by atoms with E-state index in [4.69, 9.17) is 0 Å². The van der Waals surface area contributed by atoms with Crippen LogP contribution in [0.5, 0.6) is 0 Å². The van der Waals surface area contributed by atoms with Gasteiger partial charge in [0.2, 0.25) is 11.8 Å². The molecule has 1 fully saturated rings. The van der Waals surface area contributed by atoms with E-state index in [0.717, 1.165) is 0 Å². The molecule has 0 radical (unpaired) electrons. The molecule has 2 rings (SSSR count). The number of carbonyl (C=O) groups is 2. The average Bonchev–Trinajstić information content (AvgIpc) is 2.62. The van der Waals surface area contributed by atoms with Crippen molar-refractivity contribution in [1.82, 2.24) is 4.98 Å². The molecular formula is C13H15BrN2O2. The van der Waals surface area contributed by atoms with E-state index in [0.29, 0.717) is 29.4 Å². The molecule has 0 unspecified atom stereocenters. The highest BCUT2D eigenvalue weighted by Gasteiger charge is 2.49. The van der Waals surface area contributed by atoms with E-state index >= 15 is 0 Å². The van der Waals surface area contributed by atoms with Gasteiger partial charge in [-0.25, -0.2) is 4.90 Å². The number of anilines is 1. The van der Waals surface area contributed by atoms with Crippen LogP contribution in [0.4, 0.5) is 5.69 Å². The minimum absolute atomic E-state index is 0.0931. The number of carbonyl (C=O) groups excluding carboxylic acids is 2. The van der Waals surface area contributed by atoms with Crippen LogP contribution in [0.25, 0.3) is 0 Å². The van der Waals surface area contributed by atoms with Gasteiger partial charge >= 0.3 is 0 Å². The van der Waals surface area contributed by atoms with Crippen LogP contribution < -0.4 is 4.90 Å². The van der Waals surface area contributed by atoms with Crippen molar-refractivity contribution in [2.75, 3.05) is 4.90 Å². The summed E-state index contributed by atoms with van der Waals surface area (Å²) in [6, 6.07) is 1.68. The van der Waals surface area contributed by atoms with Crippen LogP contribution in [-0.2, 0) is 9.59 Å². The Labute approximate surface area is 115 Å². The fraction of sp³-hybridized carbons (Fsp3) is 0.462. The van der Waals surface area contributed by atoms with Gasteiger partial charge in [-0.3, -0.25) is 14.6 Å². The van der Waals surface area contributed by atoms with Gasteiger partial charge in [-0.2, -0.15) is 0 Å². The molecule has 0 aromatic carbocycles. The number of halogens is 1. The Morgan fingerprint density at radius 3 is 2.56 bits per heavy atom. The molecule has 18 heavy (non-hydrogen) atoms. The number of pyridine rings is 1. The first-order chi connectivity index (χ1) is 8.55. The van der Waals surface area contributed by atoms with Gasteiger partial charge in [0.1, 0.15) is 0 Å². The van der Waals surface area contributed by atoms with Gasteiger partial charge in [0.15, 0.2) is 0 Å². The Morgan fingerprint density at radius 1 is 1.39 bits per heavy atom. The molecule has 2 heterocycles. The van der Waals surface area contributed by atoms with Crippen LogP contribution in [0.15, 0.2) is 22.9 Å². The predicted molar refractivity (Wildman–Crippen MR) is 72.1 cm³/mol. The Bertz CT molecular complexity index is 498. The zero-order valence-corrected chi connectivity index (χ0v) is 12.0. The van der Waals surface area contributed by atoms with E-state index < -0.39 is 5.41 Å². The van der Waals surface area contributed by atoms with Crippen LogP contribution in [0, 0.1) is 5.41 Å². The molecule has 1 aliphatic rings. The summed E-state index contributed by atoms with van der Waals surface area (Å²) in [5, 5.41) is 0. The van der Waals surface area contributed by atoms with E-state index in [2.05, 4.69) is 20.9 Å². The zero-order chi connectivity index (χ0) is 13.3. The second kappa shape index (κ2) is 4.80. The Morgan fingerprint density at radius 2 is 2.06 bits per heavy atom. The van der Waals surface area contributed by atoms with E-state index in [1.54, 1.807) is 18.5 Å². The van der Waals surface area contributed by atoms with E-state index in [1.807, 2.05) is 13.8 Å². The van der Waals surface area contributed by atoms with Gasteiger partial charge in [0, 0.05) is 18.8 Å². The lowest BCUT2D eigenvalue weighted by molar-refractivity contribution is -0.126. The van der Waals surface area contributed by atoms with Crippen molar-refractivity contribution in [3.05, 3.63) is 22.9 Å².